The smallest absolute Gasteiger partial charge is 0.141 e. The Labute approximate surface area is 101 Å². The third-order valence-corrected chi connectivity index (χ3v) is 3.19. The Morgan fingerprint density at radius 1 is 1.47 bits per heavy atom. The van der Waals surface area contributed by atoms with E-state index in [9.17, 15) is 4.39 Å². The number of hydrogen-bond donors (Lipinski definition) is 1. The highest BCUT2D eigenvalue weighted by Crippen LogP contribution is 2.22. The molecule has 1 aromatic heterocycles. The molecule has 1 unspecified atom stereocenters. The molecule has 0 aromatic carbocycles. The quantitative estimate of drug-likeness (QED) is 0.800. The summed E-state index contributed by atoms with van der Waals surface area (Å²) in [6, 6.07) is 3.17. The second-order valence-electron chi connectivity index (χ2n) is 4.50. The molecule has 4 heteroatoms. The van der Waals surface area contributed by atoms with Gasteiger partial charge in [0.05, 0.1) is 24.0 Å². The molecule has 0 radical (unpaired) electrons. The van der Waals surface area contributed by atoms with Gasteiger partial charge < -0.3 is 0 Å². The third kappa shape index (κ3) is 3.48. The number of halogens is 1. The molecule has 1 aliphatic carbocycles. The molecule has 1 saturated carbocycles. The number of nitrogens with one attached hydrogen (secondary N) is 1. The summed E-state index contributed by atoms with van der Waals surface area (Å²) in [6.07, 6.45) is 7.18. The predicted octanol–water partition coefficient (Wildman–Crippen LogP) is 3.14. The summed E-state index contributed by atoms with van der Waals surface area (Å²) < 4.78 is 12.8. The average Bonchev–Trinajstić information content (AvgIpc) is 2.85. The zero-order chi connectivity index (χ0) is 12.1. The van der Waals surface area contributed by atoms with Crippen molar-refractivity contribution in [2.75, 3.05) is 0 Å². The van der Waals surface area contributed by atoms with Crippen molar-refractivity contribution in [3.05, 3.63) is 29.8 Å². The van der Waals surface area contributed by atoms with Gasteiger partial charge in [0.2, 0.25) is 0 Å². The van der Waals surface area contributed by atoms with Crippen LogP contribution in [0, 0.1) is 5.82 Å². The van der Waals surface area contributed by atoms with Crippen LogP contribution in [0.4, 0.5) is 4.39 Å². The van der Waals surface area contributed by atoms with Crippen LogP contribution in [-0.2, 0) is 4.84 Å². The van der Waals surface area contributed by atoms with Crippen molar-refractivity contribution < 1.29 is 9.23 Å². The van der Waals surface area contributed by atoms with E-state index in [0.29, 0.717) is 6.10 Å². The molecule has 0 spiro atoms. The van der Waals surface area contributed by atoms with Crippen LogP contribution in [0.1, 0.15) is 50.8 Å². The van der Waals surface area contributed by atoms with E-state index in [4.69, 9.17) is 4.84 Å². The van der Waals surface area contributed by atoms with E-state index in [0.717, 1.165) is 25.0 Å². The Kier molecular flexibility index (Phi) is 4.45. The Balaban J connectivity index is 1.89. The normalized spacial score (nSPS) is 18.5. The zero-order valence-electron chi connectivity index (χ0n) is 10.2. The van der Waals surface area contributed by atoms with Gasteiger partial charge in [0.15, 0.2) is 0 Å². The first kappa shape index (κ1) is 12.5. The molecule has 1 fully saturated rings. The fourth-order valence-electron chi connectivity index (χ4n) is 2.13. The van der Waals surface area contributed by atoms with Gasteiger partial charge in [-0.15, -0.1) is 0 Å². The lowest BCUT2D eigenvalue weighted by atomic mass is 10.1. The van der Waals surface area contributed by atoms with Crippen molar-refractivity contribution in [3.8, 4) is 0 Å². The molecule has 1 aliphatic rings. The number of hydroxylamine groups is 1. The molecule has 17 heavy (non-hydrogen) atoms. The van der Waals surface area contributed by atoms with Crippen LogP contribution in [0.15, 0.2) is 18.3 Å². The lowest BCUT2D eigenvalue weighted by Crippen LogP contribution is -2.26. The van der Waals surface area contributed by atoms with Gasteiger partial charge >= 0.3 is 0 Å². The van der Waals surface area contributed by atoms with E-state index in [1.807, 2.05) is 0 Å². The minimum Gasteiger partial charge on any atom is -0.298 e. The van der Waals surface area contributed by atoms with Gasteiger partial charge in [0.25, 0.3) is 0 Å². The average molecular weight is 238 g/mol. The zero-order valence-corrected chi connectivity index (χ0v) is 10.2. The third-order valence-electron chi connectivity index (χ3n) is 3.19. The van der Waals surface area contributed by atoms with E-state index in [1.54, 1.807) is 6.07 Å². The van der Waals surface area contributed by atoms with Crippen LogP contribution in [0.25, 0.3) is 0 Å². The van der Waals surface area contributed by atoms with Crippen LogP contribution < -0.4 is 5.48 Å². The number of rotatable bonds is 5. The highest BCUT2D eigenvalue weighted by Gasteiger charge is 2.18. The molecule has 2 rings (SSSR count). The molecule has 1 aromatic rings. The van der Waals surface area contributed by atoms with Gasteiger partial charge in [-0.1, -0.05) is 19.8 Å². The molecule has 1 heterocycles. The van der Waals surface area contributed by atoms with Gasteiger partial charge in [0.1, 0.15) is 5.82 Å². The SMILES string of the molecule is CCC(NOC1CCCC1)c1ccc(F)cn1. The fraction of sp³-hybridized carbons (Fsp3) is 0.615. The summed E-state index contributed by atoms with van der Waals surface area (Å²) in [7, 11) is 0. The fourth-order valence-corrected chi connectivity index (χ4v) is 2.13. The van der Waals surface area contributed by atoms with Gasteiger partial charge in [-0.2, -0.15) is 5.48 Å². The van der Waals surface area contributed by atoms with Gasteiger partial charge in [-0.25, -0.2) is 4.39 Å². The summed E-state index contributed by atoms with van der Waals surface area (Å²) in [5, 5.41) is 0. The first-order chi connectivity index (χ1) is 8.29. The minimum atomic E-state index is -0.305. The van der Waals surface area contributed by atoms with Crippen molar-refractivity contribution >= 4 is 0 Å². The Hall–Kier alpha value is -1.00. The second kappa shape index (κ2) is 6.07. The number of hydrogen-bond acceptors (Lipinski definition) is 3. The maximum Gasteiger partial charge on any atom is 0.141 e. The summed E-state index contributed by atoms with van der Waals surface area (Å²) in [4.78, 5) is 9.73. The molecule has 94 valence electrons. The number of nitrogens with zero attached hydrogens (tertiary/aromatic N) is 1. The summed E-state index contributed by atoms with van der Waals surface area (Å²) in [5.41, 5.74) is 3.89. The molecular formula is C13H19FN2O. The second-order valence-corrected chi connectivity index (χ2v) is 4.50. The summed E-state index contributed by atoms with van der Waals surface area (Å²) in [5.74, 6) is -0.305. The van der Waals surface area contributed by atoms with Crippen LogP contribution in [0.5, 0.6) is 0 Å². The highest BCUT2D eigenvalue weighted by molar-refractivity contribution is 5.09. The first-order valence-electron chi connectivity index (χ1n) is 6.32. The van der Waals surface area contributed by atoms with E-state index >= 15 is 0 Å². The Bertz CT molecular complexity index is 336. The molecule has 0 amide bonds. The van der Waals surface area contributed by atoms with E-state index in [2.05, 4.69) is 17.4 Å². The minimum absolute atomic E-state index is 0.0381. The number of pyridine rings is 1. The molecular weight excluding hydrogens is 219 g/mol. The lowest BCUT2D eigenvalue weighted by molar-refractivity contribution is -0.0422. The molecule has 1 atom stereocenters. The molecule has 0 bridgehead atoms. The molecule has 0 saturated heterocycles. The summed E-state index contributed by atoms with van der Waals surface area (Å²) in [6.45, 7) is 2.06. The monoisotopic (exact) mass is 238 g/mol. The maximum atomic E-state index is 12.8. The molecule has 0 aliphatic heterocycles. The van der Waals surface area contributed by atoms with E-state index in [-0.39, 0.29) is 11.9 Å². The van der Waals surface area contributed by atoms with E-state index in [1.165, 1.54) is 25.1 Å². The maximum absolute atomic E-state index is 12.8. The van der Waals surface area contributed by atoms with Crippen LogP contribution >= 0.6 is 0 Å². The molecule has 3 nitrogen and oxygen atoms in total. The van der Waals surface area contributed by atoms with Crippen molar-refractivity contribution in [2.24, 2.45) is 0 Å². The lowest BCUT2D eigenvalue weighted by Gasteiger charge is -2.19. The summed E-state index contributed by atoms with van der Waals surface area (Å²) >= 11 is 0. The van der Waals surface area contributed by atoms with Gasteiger partial charge in [-0.3, -0.25) is 9.82 Å². The Morgan fingerprint density at radius 3 is 2.82 bits per heavy atom. The van der Waals surface area contributed by atoms with Crippen LogP contribution in [0.3, 0.4) is 0 Å². The van der Waals surface area contributed by atoms with Gasteiger partial charge in [-0.05, 0) is 31.4 Å². The van der Waals surface area contributed by atoms with Gasteiger partial charge in [0, 0.05) is 0 Å². The largest absolute Gasteiger partial charge is 0.298 e. The standard InChI is InChI=1S/C13H19FN2O/c1-2-12(13-8-7-10(14)9-15-13)16-17-11-5-3-4-6-11/h7-9,11-12,16H,2-6H2,1H3. The number of aromatic nitrogens is 1. The predicted molar refractivity (Wildman–Crippen MR) is 63.7 cm³/mol. The molecule has 1 N–H and O–H groups in total. The van der Waals surface area contributed by atoms with Crippen LogP contribution in [0.2, 0.25) is 0 Å². The topological polar surface area (TPSA) is 34.1 Å². The Morgan fingerprint density at radius 2 is 2.24 bits per heavy atom. The van der Waals surface area contributed by atoms with Crippen molar-refractivity contribution in [2.45, 2.75) is 51.2 Å². The first-order valence-corrected chi connectivity index (χ1v) is 6.32. The van der Waals surface area contributed by atoms with Crippen molar-refractivity contribution in [3.63, 3.8) is 0 Å². The van der Waals surface area contributed by atoms with Crippen LogP contribution in [-0.4, -0.2) is 11.1 Å². The van der Waals surface area contributed by atoms with Crippen molar-refractivity contribution in [1.29, 1.82) is 0 Å². The van der Waals surface area contributed by atoms with Crippen molar-refractivity contribution in [1.82, 2.24) is 10.5 Å². The van der Waals surface area contributed by atoms with E-state index < -0.39 is 0 Å². The highest BCUT2D eigenvalue weighted by atomic mass is 19.1.